The fraction of sp³-hybridized carbons (Fsp3) is 0.294. The third-order valence-corrected chi connectivity index (χ3v) is 3.23. The van der Waals surface area contributed by atoms with Crippen molar-refractivity contribution in [3.8, 4) is 6.01 Å². The summed E-state index contributed by atoms with van der Waals surface area (Å²) in [6.07, 6.45) is 6.67. The van der Waals surface area contributed by atoms with Gasteiger partial charge in [-0.1, -0.05) is 25.1 Å². The summed E-state index contributed by atoms with van der Waals surface area (Å²) < 4.78 is 32.0. The Hall–Kier alpha value is -2.70. The van der Waals surface area contributed by atoms with E-state index in [1.54, 1.807) is 4.57 Å². The molecule has 5 nitrogen and oxygen atoms in total. The molecular weight excluding hydrogens is 316 g/mol. The molecule has 0 spiro atoms. The molecule has 0 radical (unpaired) electrons. The molecule has 24 heavy (non-hydrogen) atoms. The molecule has 0 aliphatic carbocycles. The number of rotatable bonds is 3. The molecule has 7 heteroatoms. The largest absolute Gasteiger partial charge is 0.462 e. The molecule has 1 aliphatic rings. The molecule has 0 amide bonds. The molecule has 1 aromatic heterocycles. The monoisotopic (exact) mass is 335 g/mol. The number of hydrogen-bond donors (Lipinski definition) is 0. The second kappa shape index (κ2) is 8.24. The lowest BCUT2D eigenvalue weighted by Crippen LogP contribution is -2.23. The highest BCUT2D eigenvalue weighted by Crippen LogP contribution is 2.13. The van der Waals surface area contributed by atoms with Gasteiger partial charge in [0.1, 0.15) is 18.2 Å². The van der Waals surface area contributed by atoms with Gasteiger partial charge in [-0.3, -0.25) is 0 Å². The van der Waals surface area contributed by atoms with Crippen LogP contribution in [0.5, 0.6) is 6.01 Å². The van der Waals surface area contributed by atoms with Gasteiger partial charge in [0, 0.05) is 6.07 Å². The molecule has 0 bridgehead atoms. The molecule has 0 unspecified atom stereocenters. The molecule has 0 fully saturated rings. The molecule has 1 aromatic carbocycles. The molecule has 2 aromatic rings. The molecule has 0 saturated carbocycles. The quantitative estimate of drug-likeness (QED) is 0.809. The van der Waals surface area contributed by atoms with Gasteiger partial charge < -0.3 is 4.74 Å². The van der Waals surface area contributed by atoms with Crippen LogP contribution in [0.25, 0.3) is 5.70 Å². The van der Waals surface area contributed by atoms with Gasteiger partial charge in [-0.15, -0.1) is 5.10 Å². The molecule has 0 saturated heterocycles. The second-order valence-corrected chi connectivity index (χ2v) is 4.94. The van der Waals surface area contributed by atoms with E-state index in [1.807, 2.05) is 32.1 Å². The molecule has 0 N–H and O–H groups in total. The average molecular weight is 335 g/mol. The van der Waals surface area contributed by atoms with Crippen LogP contribution >= 0.6 is 0 Å². The van der Waals surface area contributed by atoms with Crippen molar-refractivity contribution < 1.29 is 13.5 Å². The molecule has 0 atom stereocenters. The maximum Gasteiger partial charge on any atom is 0.353 e. The second-order valence-electron chi connectivity index (χ2n) is 4.94. The number of nitrogens with zero attached hydrogens (tertiary/aromatic N) is 3. The third kappa shape index (κ3) is 4.18. The van der Waals surface area contributed by atoms with Crippen molar-refractivity contribution in [1.29, 1.82) is 0 Å². The number of benzene rings is 1. The summed E-state index contributed by atoms with van der Waals surface area (Å²) in [7, 11) is 0. The Balaban J connectivity index is 0.000000219. The number of fused-ring (bicyclic) bond motifs is 1. The Bertz CT molecular complexity index is 789. The van der Waals surface area contributed by atoms with Crippen LogP contribution in [-0.2, 0) is 6.54 Å². The summed E-state index contributed by atoms with van der Waals surface area (Å²) in [6.45, 7) is 5.05. The maximum atomic E-state index is 11.9. The zero-order valence-corrected chi connectivity index (χ0v) is 13.6. The van der Waals surface area contributed by atoms with E-state index in [4.69, 9.17) is 4.74 Å². The van der Waals surface area contributed by atoms with Crippen LogP contribution in [-0.4, -0.2) is 21.0 Å². The van der Waals surface area contributed by atoms with Crippen molar-refractivity contribution in [3.05, 3.63) is 64.6 Å². The van der Waals surface area contributed by atoms with E-state index in [9.17, 15) is 13.6 Å². The van der Waals surface area contributed by atoms with Gasteiger partial charge in [0.05, 0.1) is 12.2 Å². The van der Waals surface area contributed by atoms with Gasteiger partial charge >= 0.3 is 11.7 Å². The SMILES string of the molecule is C/C=C(\C=C/CC)n1nc2n(c1=O)CCO2.Fc1cccc(F)c1. The lowest BCUT2D eigenvalue weighted by atomic mass is 10.3. The number of allylic oxidation sites excluding steroid dienone is 4. The molecule has 2 heterocycles. The van der Waals surface area contributed by atoms with E-state index >= 15 is 0 Å². The zero-order valence-electron chi connectivity index (χ0n) is 13.6. The predicted octanol–water partition coefficient (Wildman–Crippen LogP) is 3.23. The Morgan fingerprint density at radius 2 is 2.08 bits per heavy atom. The topological polar surface area (TPSA) is 49.0 Å². The Labute approximate surface area is 138 Å². The first-order chi connectivity index (χ1) is 11.6. The van der Waals surface area contributed by atoms with Crippen molar-refractivity contribution in [2.24, 2.45) is 0 Å². The fourth-order valence-electron chi connectivity index (χ4n) is 2.06. The molecule has 3 rings (SSSR count). The highest BCUT2D eigenvalue weighted by Gasteiger charge is 2.20. The standard InChI is InChI=1S/C11H15N3O2.C6H4F2/c1-3-5-6-9(4-2)14-11(15)13-7-8-16-10(13)12-14;7-5-2-1-3-6(8)4-5/h4-6H,3,7-8H2,1-2H3;1-4H/b6-5-,9-4+;. The first-order valence-corrected chi connectivity index (χ1v) is 7.63. The summed E-state index contributed by atoms with van der Waals surface area (Å²) >= 11 is 0. The zero-order chi connectivity index (χ0) is 17.5. The predicted molar refractivity (Wildman–Crippen MR) is 87.7 cm³/mol. The summed E-state index contributed by atoms with van der Waals surface area (Å²) in [6, 6.07) is 4.96. The summed E-state index contributed by atoms with van der Waals surface area (Å²) in [5, 5.41) is 4.14. The first kappa shape index (κ1) is 17.7. The van der Waals surface area contributed by atoms with Crippen LogP contribution in [0.1, 0.15) is 20.3 Å². The minimum atomic E-state index is -0.537. The maximum absolute atomic E-state index is 11.9. The fourth-order valence-corrected chi connectivity index (χ4v) is 2.06. The minimum absolute atomic E-state index is 0.138. The lowest BCUT2D eigenvalue weighted by molar-refractivity contribution is 0.339. The smallest absolute Gasteiger partial charge is 0.353 e. The van der Waals surface area contributed by atoms with Gasteiger partial charge in [-0.25, -0.2) is 18.1 Å². The van der Waals surface area contributed by atoms with Crippen LogP contribution in [0.3, 0.4) is 0 Å². The first-order valence-electron chi connectivity index (χ1n) is 7.63. The van der Waals surface area contributed by atoms with E-state index in [0.717, 1.165) is 18.2 Å². The van der Waals surface area contributed by atoms with Gasteiger partial charge in [0.2, 0.25) is 0 Å². The van der Waals surface area contributed by atoms with E-state index in [1.165, 1.54) is 22.9 Å². The van der Waals surface area contributed by atoms with E-state index < -0.39 is 11.6 Å². The van der Waals surface area contributed by atoms with Gasteiger partial charge in [-0.05, 0) is 31.6 Å². The lowest BCUT2D eigenvalue weighted by Gasteiger charge is -1.99. The molecule has 1 aliphatic heterocycles. The van der Waals surface area contributed by atoms with Crippen molar-refractivity contribution in [3.63, 3.8) is 0 Å². The third-order valence-electron chi connectivity index (χ3n) is 3.23. The van der Waals surface area contributed by atoms with Crippen molar-refractivity contribution in [2.75, 3.05) is 6.61 Å². The number of ether oxygens (including phenoxy) is 1. The summed E-state index contributed by atoms with van der Waals surface area (Å²) in [4.78, 5) is 11.9. The van der Waals surface area contributed by atoms with Crippen LogP contribution < -0.4 is 10.4 Å². The van der Waals surface area contributed by atoms with Crippen LogP contribution in [0.4, 0.5) is 8.78 Å². The molecule has 128 valence electrons. The van der Waals surface area contributed by atoms with E-state index in [0.29, 0.717) is 19.2 Å². The Morgan fingerprint density at radius 1 is 1.38 bits per heavy atom. The van der Waals surface area contributed by atoms with Gasteiger partial charge in [-0.2, -0.15) is 4.68 Å². The summed E-state index contributed by atoms with van der Waals surface area (Å²) in [5.41, 5.74) is 0.638. The van der Waals surface area contributed by atoms with Gasteiger partial charge in [0.15, 0.2) is 0 Å². The Morgan fingerprint density at radius 3 is 2.58 bits per heavy atom. The van der Waals surface area contributed by atoms with Crippen molar-refractivity contribution in [1.82, 2.24) is 14.3 Å². The van der Waals surface area contributed by atoms with E-state index in [2.05, 4.69) is 5.10 Å². The van der Waals surface area contributed by atoms with Crippen LogP contribution in [0, 0.1) is 11.6 Å². The average Bonchev–Trinajstić information content (AvgIpc) is 3.13. The van der Waals surface area contributed by atoms with E-state index in [-0.39, 0.29) is 5.69 Å². The van der Waals surface area contributed by atoms with Crippen molar-refractivity contribution in [2.45, 2.75) is 26.8 Å². The van der Waals surface area contributed by atoms with Crippen molar-refractivity contribution >= 4 is 5.70 Å². The van der Waals surface area contributed by atoms with Gasteiger partial charge in [0.25, 0.3) is 0 Å². The normalized spacial score (nSPS) is 13.4. The highest BCUT2D eigenvalue weighted by molar-refractivity contribution is 5.55. The minimum Gasteiger partial charge on any atom is -0.462 e. The number of hydrogen-bond acceptors (Lipinski definition) is 3. The van der Waals surface area contributed by atoms with Crippen LogP contribution in [0.2, 0.25) is 0 Å². The van der Waals surface area contributed by atoms with Crippen LogP contribution in [0.15, 0.2) is 47.3 Å². The number of aromatic nitrogens is 3. The molecular formula is C17H19F2N3O2. The number of halogens is 2. The summed E-state index contributed by atoms with van der Waals surface area (Å²) in [5.74, 6) is -1.07. The highest BCUT2D eigenvalue weighted by atomic mass is 19.1. The Kier molecular flexibility index (Phi) is 6.06.